The summed E-state index contributed by atoms with van der Waals surface area (Å²) in [5.41, 5.74) is 0.515. The molecule has 27 heavy (non-hydrogen) atoms. The second-order valence-electron chi connectivity index (χ2n) is 5.77. The summed E-state index contributed by atoms with van der Waals surface area (Å²) in [4.78, 5) is 25.1. The van der Waals surface area contributed by atoms with E-state index in [4.69, 9.17) is 16.3 Å². The van der Waals surface area contributed by atoms with Crippen LogP contribution < -0.4 is 15.6 Å². The molecule has 3 rings (SSSR count). The summed E-state index contributed by atoms with van der Waals surface area (Å²) in [5, 5.41) is 9.59. The smallest absolute Gasteiger partial charge is 0.266 e. The van der Waals surface area contributed by atoms with Crippen LogP contribution in [0.25, 0.3) is 10.6 Å². The van der Waals surface area contributed by atoms with Gasteiger partial charge in [0.25, 0.3) is 11.5 Å². The van der Waals surface area contributed by atoms with Crippen molar-refractivity contribution in [2.75, 3.05) is 6.54 Å². The predicted octanol–water partition coefficient (Wildman–Crippen LogP) is 3.21. The first-order valence-corrected chi connectivity index (χ1v) is 9.60. The summed E-state index contributed by atoms with van der Waals surface area (Å²) in [6.45, 7) is 2.19. The van der Waals surface area contributed by atoms with E-state index >= 15 is 0 Å². The van der Waals surface area contributed by atoms with E-state index in [1.807, 2.05) is 17.5 Å². The zero-order valence-electron chi connectivity index (χ0n) is 14.6. The molecule has 2 aromatic heterocycles. The lowest BCUT2D eigenvalue weighted by molar-refractivity contribution is -0.127. The van der Waals surface area contributed by atoms with E-state index in [9.17, 15) is 9.59 Å². The quantitative estimate of drug-likeness (QED) is 0.657. The van der Waals surface area contributed by atoms with Gasteiger partial charge in [-0.15, -0.1) is 11.3 Å². The highest BCUT2D eigenvalue weighted by Crippen LogP contribution is 2.21. The van der Waals surface area contributed by atoms with Crippen molar-refractivity contribution in [1.29, 1.82) is 0 Å². The van der Waals surface area contributed by atoms with Gasteiger partial charge in [0.15, 0.2) is 6.10 Å². The Morgan fingerprint density at radius 1 is 1.30 bits per heavy atom. The van der Waals surface area contributed by atoms with Gasteiger partial charge >= 0.3 is 0 Å². The summed E-state index contributed by atoms with van der Waals surface area (Å²) >= 11 is 7.46. The summed E-state index contributed by atoms with van der Waals surface area (Å²) in [6.07, 6.45) is -0.689. The molecule has 0 saturated heterocycles. The molecule has 1 unspecified atom stereocenters. The molecule has 140 valence electrons. The van der Waals surface area contributed by atoms with Gasteiger partial charge in [0, 0.05) is 17.6 Å². The van der Waals surface area contributed by atoms with E-state index in [1.54, 1.807) is 48.6 Å². The second-order valence-corrected chi connectivity index (χ2v) is 7.15. The summed E-state index contributed by atoms with van der Waals surface area (Å²) in [5.74, 6) is 0.240. The lowest BCUT2D eigenvalue weighted by atomic mass is 10.3. The number of nitrogens with zero attached hydrogens (tertiary/aromatic N) is 2. The van der Waals surface area contributed by atoms with Gasteiger partial charge in [0.05, 0.1) is 11.4 Å². The summed E-state index contributed by atoms with van der Waals surface area (Å²) in [7, 11) is 0. The molecule has 3 aromatic rings. The molecule has 0 bridgehead atoms. The van der Waals surface area contributed by atoms with Crippen LogP contribution in [0.3, 0.4) is 0 Å². The van der Waals surface area contributed by atoms with Gasteiger partial charge < -0.3 is 10.1 Å². The monoisotopic (exact) mass is 403 g/mol. The van der Waals surface area contributed by atoms with Gasteiger partial charge in [-0.3, -0.25) is 9.59 Å². The third-order valence-corrected chi connectivity index (χ3v) is 4.87. The number of nitrogens with one attached hydrogen (secondary N) is 1. The average molecular weight is 404 g/mol. The highest BCUT2D eigenvalue weighted by atomic mass is 35.5. The van der Waals surface area contributed by atoms with Gasteiger partial charge in [-0.1, -0.05) is 23.7 Å². The molecule has 6 nitrogen and oxygen atoms in total. The van der Waals surface area contributed by atoms with Crippen molar-refractivity contribution in [1.82, 2.24) is 15.1 Å². The fraction of sp³-hybridized carbons (Fsp3) is 0.211. The molecule has 1 aromatic carbocycles. The summed E-state index contributed by atoms with van der Waals surface area (Å²) < 4.78 is 6.92. The first-order chi connectivity index (χ1) is 13.0. The maximum atomic E-state index is 12.2. The van der Waals surface area contributed by atoms with Crippen LogP contribution in [0, 0.1) is 0 Å². The molecule has 2 heterocycles. The number of hydrogen-bond donors (Lipinski definition) is 1. The predicted molar refractivity (Wildman–Crippen MR) is 106 cm³/mol. The van der Waals surface area contributed by atoms with Crippen molar-refractivity contribution in [3.63, 3.8) is 0 Å². The molecular formula is C19H18ClN3O3S. The number of amides is 1. The molecule has 0 fully saturated rings. The molecule has 0 aliphatic carbocycles. The molecule has 1 amide bonds. The minimum absolute atomic E-state index is 0.215. The lowest BCUT2D eigenvalue weighted by Gasteiger charge is -2.15. The topological polar surface area (TPSA) is 73.2 Å². The van der Waals surface area contributed by atoms with Crippen molar-refractivity contribution in [3.05, 3.63) is 69.3 Å². The molecule has 0 saturated carbocycles. The fourth-order valence-corrected chi connectivity index (χ4v) is 3.26. The summed E-state index contributed by atoms with van der Waals surface area (Å²) in [6, 6.07) is 13.9. The Bertz CT molecular complexity index is 972. The SMILES string of the molecule is CC(Oc1cccc(Cl)c1)C(=O)NCCn1nc(-c2cccs2)ccc1=O. The van der Waals surface area contributed by atoms with Crippen molar-refractivity contribution in [2.24, 2.45) is 0 Å². The number of hydrogen-bond acceptors (Lipinski definition) is 5. The minimum Gasteiger partial charge on any atom is -0.481 e. The third-order valence-electron chi connectivity index (χ3n) is 3.74. The Hall–Kier alpha value is -2.64. The third kappa shape index (κ3) is 5.18. The Morgan fingerprint density at radius 2 is 2.15 bits per heavy atom. The van der Waals surface area contributed by atoms with Gasteiger partial charge in [0.1, 0.15) is 11.4 Å². The molecule has 1 atom stereocenters. The zero-order chi connectivity index (χ0) is 19.2. The highest BCUT2D eigenvalue weighted by Gasteiger charge is 2.14. The fourth-order valence-electron chi connectivity index (χ4n) is 2.39. The van der Waals surface area contributed by atoms with Crippen LogP contribution in [0.4, 0.5) is 0 Å². The van der Waals surface area contributed by atoms with E-state index in [2.05, 4.69) is 10.4 Å². The standard InChI is InChI=1S/C19H18ClN3O3S/c1-13(26-15-5-2-4-14(20)12-15)19(25)21-9-10-23-18(24)8-7-16(22-23)17-6-3-11-27-17/h2-8,11-13H,9-10H2,1H3,(H,21,25). The second kappa shape index (κ2) is 8.83. The normalized spacial score (nSPS) is 11.8. The van der Waals surface area contributed by atoms with Crippen LogP contribution in [0.15, 0.2) is 58.7 Å². The van der Waals surface area contributed by atoms with Crippen LogP contribution in [0.1, 0.15) is 6.92 Å². The number of halogens is 1. The first-order valence-electron chi connectivity index (χ1n) is 8.35. The Morgan fingerprint density at radius 3 is 2.89 bits per heavy atom. The number of carbonyl (C=O) groups is 1. The van der Waals surface area contributed by atoms with Crippen LogP contribution in [0.2, 0.25) is 5.02 Å². The Balaban J connectivity index is 1.55. The largest absolute Gasteiger partial charge is 0.481 e. The zero-order valence-corrected chi connectivity index (χ0v) is 16.2. The van der Waals surface area contributed by atoms with E-state index in [-0.39, 0.29) is 24.6 Å². The first kappa shape index (κ1) is 19.1. The Labute approximate surface area is 165 Å². The van der Waals surface area contributed by atoms with Crippen LogP contribution in [0.5, 0.6) is 5.75 Å². The number of carbonyl (C=O) groups excluding carboxylic acids is 1. The highest BCUT2D eigenvalue weighted by molar-refractivity contribution is 7.13. The van der Waals surface area contributed by atoms with Gasteiger partial charge in [-0.25, -0.2) is 4.68 Å². The van der Waals surface area contributed by atoms with Crippen molar-refractivity contribution in [2.45, 2.75) is 19.6 Å². The molecular weight excluding hydrogens is 386 g/mol. The number of ether oxygens (including phenoxy) is 1. The van der Waals surface area contributed by atoms with Crippen LogP contribution in [-0.4, -0.2) is 28.3 Å². The maximum absolute atomic E-state index is 12.2. The van der Waals surface area contributed by atoms with E-state index in [0.717, 1.165) is 10.6 Å². The number of thiophene rings is 1. The number of rotatable bonds is 7. The Kier molecular flexibility index (Phi) is 6.26. The lowest BCUT2D eigenvalue weighted by Crippen LogP contribution is -2.39. The van der Waals surface area contributed by atoms with E-state index in [0.29, 0.717) is 10.8 Å². The van der Waals surface area contributed by atoms with Crippen molar-refractivity contribution >= 4 is 28.8 Å². The molecule has 8 heteroatoms. The number of aromatic nitrogens is 2. The van der Waals surface area contributed by atoms with Gasteiger partial charge in [-0.2, -0.15) is 5.10 Å². The van der Waals surface area contributed by atoms with Crippen molar-refractivity contribution in [3.8, 4) is 16.3 Å². The van der Waals surface area contributed by atoms with Gasteiger partial charge in [-0.05, 0) is 42.6 Å². The molecule has 1 N–H and O–H groups in total. The van der Waals surface area contributed by atoms with E-state index < -0.39 is 6.10 Å². The molecule has 0 aliphatic rings. The van der Waals surface area contributed by atoms with Crippen LogP contribution >= 0.6 is 22.9 Å². The van der Waals surface area contributed by atoms with Crippen LogP contribution in [-0.2, 0) is 11.3 Å². The number of benzene rings is 1. The maximum Gasteiger partial charge on any atom is 0.266 e. The van der Waals surface area contributed by atoms with Crippen molar-refractivity contribution < 1.29 is 9.53 Å². The average Bonchev–Trinajstić information content (AvgIpc) is 3.18. The van der Waals surface area contributed by atoms with E-state index in [1.165, 1.54) is 10.7 Å². The molecule has 0 aliphatic heterocycles. The van der Waals surface area contributed by atoms with Gasteiger partial charge in [0.2, 0.25) is 0 Å². The minimum atomic E-state index is -0.689. The molecule has 0 spiro atoms. The molecule has 0 radical (unpaired) electrons.